The van der Waals surface area contributed by atoms with Crippen molar-refractivity contribution in [2.45, 2.75) is 46.4 Å². The second-order valence-electron chi connectivity index (χ2n) is 6.82. The van der Waals surface area contributed by atoms with Crippen LogP contribution in [0.1, 0.15) is 35.4 Å². The normalized spacial score (nSPS) is 22.0. The maximum Gasteiger partial charge on any atom is 0.307 e. The molecule has 0 spiro atoms. The van der Waals surface area contributed by atoms with Crippen molar-refractivity contribution in [3.63, 3.8) is 0 Å². The van der Waals surface area contributed by atoms with Gasteiger partial charge >= 0.3 is 4.87 Å². The number of morpholine rings is 1. The third-order valence-corrected chi connectivity index (χ3v) is 5.81. The molecule has 0 aliphatic carbocycles. The summed E-state index contributed by atoms with van der Waals surface area (Å²) < 4.78 is 7.99. The van der Waals surface area contributed by atoms with Crippen molar-refractivity contribution in [2.24, 2.45) is 0 Å². The molecular formula is C19H26N2O2S. The van der Waals surface area contributed by atoms with Crippen molar-refractivity contribution in [3.8, 4) is 0 Å². The van der Waals surface area contributed by atoms with Gasteiger partial charge in [-0.15, -0.1) is 0 Å². The first-order valence-corrected chi connectivity index (χ1v) is 9.41. The fraction of sp³-hybridized carbons (Fsp3) is 0.526. The number of aromatic nitrogens is 1. The van der Waals surface area contributed by atoms with Crippen molar-refractivity contribution < 1.29 is 4.74 Å². The lowest BCUT2D eigenvalue weighted by Crippen LogP contribution is -2.46. The molecule has 1 aliphatic heterocycles. The molecule has 0 bridgehead atoms. The number of hydrogen-bond donors (Lipinski definition) is 0. The quantitative estimate of drug-likeness (QED) is 0.852. The van der Waals surface area contributed by atoms with Crippen LogP contribution in [0.25, 0.3) is 0 Å². The van der Waals surface area contributed by atoms with Crippen LogP contribution in [0.3, 0.4) is 0 Å². The first-order valence-electron chi connectivity index (χ1n) is 8.53. The van der Waals surface area contributed by atoms with Crippen LogP contribution < -0.4 is 4.87 Å². The summed E-state index contributed by atoms with van der Waals surface area (Å²) in [5.74, 6) is 0. The Balaban J connectivity index is 1.72. The Morgan fingerprint density at radius 2 is 2.04 bits per heavy atom. The van der Waals surface area contributed by atoms with Gasteiger partial charge in [0.2, 0.25) is 0 Å². The summed E-state index contributed by atoms with van der Waals surface area (Å²) >= 11 is 1.28. The van der Waals surface area contributed by atoms with Crippen molar-refractivity contribution >= 4 is 11.3 Å². The van der Waals surface area contributed by atoms with Crippen molar-refractivity contribution in [3.05, 3.63) is 55.6 Å². The van der Waals surface area contributed by atoms with E-state index in [0.29, 0.717) is 6.04 Å². The van der Waals surface area contributed by atoms with E-state index in [9.17, 15) is 4.79 Å². The molecule has 4 nitrogen and oxygen atoms in total. The minimum atomic E-state index is 0.112. The van der Waals surface area contributed by atoms with Crippen LogP contribution in [0.4, 0.5) is 0 Å². The third-order valence-electron chi connectivity index (χ3n) is 4.93. The zero-order valence-corrected chi connectivity index (χ0v) is 15.7. The molecule has 2 heterocycles. The highest BCUT2D eigenvalue weighted by atomic mass is 32.1. The first-order chi connectivity index (χ1) is 11.5. The van der Waals surface area contributed by atoms with Gasteiger partial charge in [0.1, 0.15) is 0 Å². The molecular weight excluding hydrogens is 320 g/mol. The van der Waals surface area contributed by atoms with E-state index in [-0.39, 0.29) is 11.0 Å². The predicted octanol–water partition coefficient (Wildman–Crippen LogP) is 3.30. The lowest BCUT2D eigenvalue weighted by atomic mass is 9.99. The summed E-state index contributed by atoms with van der Waals surface area (Å²) in [7, 11) is 0. The van der Waals surface area contributed by atoms with Gasteiger partial charge in [-0.3, -0.25) is 9.69 Å². The summed E-state index contributed by atoms with van der Waals surface area (Å²) in [6.07, 6.45) is 0.112. The van der Waals surface area contributed by atoms with E-state index in [4.69, 9.17) is 4.74 Å². The van der Waals surface area contributed by atoms with Crippen molar-refractivity contribution in [2.75, 3.05) is 19.7 Å². The van der Waals surface area contributed by atoms with E-state index < -0.39 is 0 Å². The zero-order chi connectivity index (χ0) is 17.3. The van der Waals surface area contributed by atoms with Gasteiger partial charge in [0, 0.05) is 36.8 Å². The van der Waals surface area contributed by atoms with Gasteiger partial charge in [-0.25, -0.2) is 0 Å². The monoisotopic (exact) mass is 346 g/mol. The number of nitrogens with zero attached hydrogens (tertiary/aromatic N) is 2. The minimum absolute atomic E-state index is 0.112. The average Bonchev–Trinajstić information content (AvgIpc) is 2.88. The number of hydrogen-bond acceptors (Lipinski definition) is 4. The number of aryl methyl sites for hydroxylation is 3. The second kappa shape index (κ2) is 7.21. The average molecular weight is 346 g/mol. The van der Waals surface area contributed by atoms with Gasteiger partial charge in [-0.1, -0.05) is 35.1 Å². The molecule has 0 amide bonds. The first kappa shape index (κ1) is 17.4. The van der Waals surface area contributed by atoms with Crippen molar-refractivity contribution in [1.29, 1.82) is 0 Å². The largest absolute Gasteiger partial charge is 0.371 e. The van der Waals surface area contributed by atoms with E-state index >= 15 is 0 Å². The maximum absolute atomic E-state index is 11.9. The zero-order valence-electron chi connectivity index (χ0n) is 14.9. The number of rotatable bonds is 4. The molecule has 24 heavy (non-hydrogen) atoms. The molecule has 3 rings (SSSR count). The molecule has 5 heteroatoms. The van der Waals surface area contributed by atoms with Crippen LogP contribution in [0.2, 0.25) is 0 Å². The van der Waals surface area contributed by atoms with E-state index in [0.717, 1.165) is 31.9 Å². The van der Waals surface area contributed by atoms with Gasteiger partial charge in [0.25, 0.3) is 0 Å². The van der Waals surface area contributed by atoms with Crippen molar-refractivity contribution in [1.82, 2.24) is 9.47 Å². The number of thiazole rings is 1. The molecule has 0 saturated carbocycles. The molecule has 2 atom stereocenters. The van der Waals surface area contributed by atoms with Gasteiger partial charge < -0.3 is 9.30 Å². The van der Waals surface area contributed by atoms with Gasteiger partial charge in [-0.05, 0) is 38.8 Å². The Labute approximate surface area is 147 Å². The van der Waals surface area contributed by atoms with Gasteiger partial charge in [0.05, 0.1) is 12.7 Å². The van der Waals surface area contributed by atoms with Crippen LogP contribution in [0, 0.1) is 20.8 Å². The molecule has 1 aromatic heterocycles. The smallest absolute Gasteiger partial charge is 0.307 e. The lowest BCUT2D eigenvalue weighted by molar-refractivity contribution is -0.0611. The number of benzene rings is 1. The molecule has 1 fully saturated rings. The van der Waals surface area contributed by atoms with E-state index in [1.54, 1.807) is 0 Å². The summed E-state index contributed by atoms with van der Waals surface area (Å²) in [5.41, 5.74) is 4.89. The van der Waals surface area contributed by atoms with Crippen LogP contribution in [0.5, 0.6) is 0 Å². The second-order valence-corrected chi connectivity index (χ2v) is 7.64. The summed E-state index contributed by atoms with van der Waals surface area (Å²) in [6.45, 7) is 11.7. The van der Waals surface area contributed by atoms with Gasteiger partial charge in [-0.2, -0.15) is 0 Å². The Hall–Kier alpha value is -1.43. The van der Waals surface area contributed by atoms with Crippen LogP contribution in [0.15, 0.2) is 28.4 Å². The Morgan fingerprint density at radius 1 is 1.25 bits per heavy atom. The SMILES string of the molecule is Cc1ccc(C)c([C@H]2CN(CCn3c(C)csc3=O)[C@H](C)CO2)c1. The Morgan fingerprint density at radius 3 is 2.75 bits per heavy atom. The highest BCUT2D eigenvalue weighted by Crippen LogP contribution is 2.28. The van der Waals surface area contributed by atoms with Gasteiger partial charge in [0.15, 0.2) is 0 Å². The predicted molar refractivity (Wildman–Crippen MR) is 99.0 cm³/mol. The molecule has 2 aromatic rings. The summed E-state index contributed by atoms with van der Waals surface area (Å²) in [6, 6.07) is 6.93. The minimum Gasteiger partial charge on any atom is -0.371 e. The molecule has 1 aliphatic rings. The van der Waals surface area contributed by atoms with E-state index in [2.05, 4.69) is 43.9 Å². The Bertz CT molecular complexity index is 765. The maximum atomic E-state index is 11.9. The molecule has 1 aromatic carbocycles. The fourth-order valence-corrected chi connectivity index (χ4v) is 4.08. The highest BCUT2D eigenvalue weighted by molar-refractivity contribution is 7.07. The molecule has 130 valence electrons. The van der Waals surface area contributed by atoms with Crippen LogP contribution in [-0.4, -0.2) is 35.2 Å². The Kier molecular flexibility index (Phi) is 5.23. The molecule has 0 unspecified atom stereocenters. The molecule has 0 N–H and O–H groups in total. The number of ether oxygens (including phenoxy) is 1. The van der Waals surface area contributed by atoms with E-state index in [1.807, 2.05) is 16.9 Å². The molecule has 0 radical (unpaired) electrons. The van der Waals surface area contributed by atoms with Crippen LogP contribution >= 0.6 is 11.3 Å². The topological polar surface area (TPSA) is 34.5 Å². The van der Waals surface area contributed by atoms with Crippen LogP contribution in [-0.2, 0) is 11.3 Å². The molecule has 1 saturated heterocycles. The fourth-order valence-electron chi connectivity index (χ4n) is 3.32. The lowest BCUT2D eigenvalue weighted by Gasteiger charge is -2.38. The highest BCUT2D eigenvalue weighted by Gasteiger charge is 2.28. The summed E-state index contributed by atoms with van der Waals surface area (Å²) in [5, 5.41) is 1.93. The summed E-state index contributed by atoms with van der Waals surface area (Å²) in [4.78, 5) is 14.5. The standard InChI is InChI=1S/C19H26N2O2S/c1-13-5-6-14(2)17(9-13)18-10-20(15(3)11-23-18)7-8-21-16(4)12-24-19(21)22/h5-6,9,12,15,18H,7-8,10-11H2,1-4H3/t15-,18-/m1/s1. The van der Waals surface area contributed by atoms with E-state index in [1.165, 1.54) is 28.0 Å². The third kappa shape index (κ3) is 3.63.